The van der Waals surface area contributed by atoms with Gasteiger partial charge in [-0.25, -0.2) is 0 Å². The fourth-order valence-corrected chi connectivity index (χ4v) is 2.08. The summed E-state index contributed by atoms with van der Waals surface area (Å²) in [4.78, 5) is 0. The Morgan fingerprint density at radius 1 is 1.25 bits per heavy atom. The van der Waals surface area contributed by atoms with Gasteiger partial charge < -0.3 is 14.0 Å². The zero-order valence-corrected chi connectivity index (χ0v) is 10.9. The molecule has 1 fully saturated rings. The third-order valence-corrected chi connectivity index (χ3v) is 4.00. The van der Waals surface area contributed by atoms with Crippen molar-refractivity contribution in [2.75, 3.05) is 7.11 Å². The SMILES string of the molecule is COC1CC=C(B2OC(C)(C)C(C)(C)O2)C1. The molecule has 1 heterocycles. The molecule has 1 aliphatic heterocycles. The van der Waals surface area contributed by atoms with Crippen LogP contribution in [0.3, 0.4) is 0 Å². The Hall–Kier alpha value is -0.315. The van der Waals surface area contributed by atoms with E-state index in [0.717, 1.165) is 12.8 Å². The molecule has 0 saturated carbocycles. The molecule has 90 valence electrons. The fraction of sp³-hybridized carbons (Fsp3) is 0.833. The maximum absolute atomic E-state index is 5.99. The molecule has 1 aliphatic carbocycles. The first kappa shape index (κ1) is 12.2. The van der Waals surface area contributed by atoms with Crippen molar-refractivity contribution in [3.8, 4) is 0 Å². The third-order valence-electron chi connectivity index (χ3n) is 4.00. The number of hydrogen-bond donors (Lipinski definition) is 0. The largest absolute Gasteiger partial charge is 0.490 e. The van der Waals surface area contributed by atoms with Crippen molar-refractivity contribution < 1.29 is 14.0 Å². The molecule has 0 aromatic carbocycles. The summed E-state index contributed by atoms with van der Waals surface area (Å²) in [5.41, 5.74) is 0.735. The highest BCUT2D eigenvalue weighted by molar-refractivity contribution is 6.54. The number of rotatable bonds is 2. The van der Waals surface area contributed by atoms with Gasteiger partial charge in [0.05, 0.1) is 17.3 Å². The molecule has 1 saturated heterocycles. The molecule has 0 amide bonds. The number of hydrogen-bond acceptors (Lipinski definition) is 3. The average Bonchev–Trinajstić information content (AvgIpc) is 2.70. The van der Waals surface area contributed by atoms with Crippen molar-refractivity contribution in [1.29, 1.82) is 0 Å². The summed E-state index contributed by atoms with van der Waals surface area (Å²) in [7, 11) is 1.57. The monoisotopic (exact) mass is 224 g/mol. The van der Waals surface area contributed by atoms with Gasteiger partial charge in [-0.2, -0.15) is 0 Å². The van der Waals surface area contributed by atoms with Gasteiger partial charge in [-0.3, -0.25) is 0 Å². The van der Waals surface area contributed by atoms with Gasteiger partial charge in [-0.15, -0.1) is 0 Å². The molecule has 2 aliphatic rings. The Bertz CT molecular complexity index is 293. The van der Waals surface area contributed by atoms with Gasteiger partial charge in [-0.05, 0) is 46.0 Å². The highest BCUT2D eigenvalue weighted by atomic mass is 16.7. The average molecular weight is 224 g/mol. The maximum Gasteiger partial charge on any atom is 0.490 e. The van der Waals surface area contributed by atoms with Crippen molar-refractivity contribution >= 4 is 7.12 Å². The van der Waals surface area contributed by atoms with Crippen LogP contribution in [0.15, 0.2) is 11.5 Å². The van der Waals surface area contributed by atoms with E-state index in [1.54, 1.807) is 7.11 Å². The minimum absolute atomic E-state index is 0.190. The van der Waals surface area contributed by atoms with E-state index >= 15 is 0 Å². The normalized spacial score (nSPS) is 31.9. The van der Waals surface area contributed by atoms with E-state index in [1.807, 2.05) is 0 Å². The second-order valence-electron chi connectivity index (χ2n) is 5.66. The fourth-order valence-electron chi connectivity index (χ4n) is 2.08. The molecule has 0 spiro atoms. The zero-order chi connectivity index (χ0) is 12.0. The minimum Gasteiger partial charge on any atom is -0.400 e. The first-order valence-corrected chi connectivity index (χ1v) is 5.93. The van der Waals surface area contributed by atoms with Crippen LogP contribution in [0, 0.1) is 0 Å². The second kappa shape index (κ2) is 3.86. The third kappa shape index (κ3) is 1.94. The lowest BCUT2D eigenvalue weighted by atomic mass is 9.77. The lowest BCUT2D eigenvalue weighted by Crippen LogP contribution is -2.41. The van der Waals surface area contributed by atoms with Crippen molar-refractivity contribution in [3.05, 3.63) is 11.5 Å². The molecule has 0 N–H and O–H groups in total. The molecule has 4 heteroatoms. The Kier molecular flexibility index (Phi) is 2.93. The van der Waals surface area contributed by atoms with Crippen LogP contribution in [0.4, 0.5) is 0 Å². The molecule has 0 aromatic rings. The first-order chi connectivity index (χ1) is 7.36. The topological polar surface area (TPSA) is 27.7 Å². The molecule has 1 unspecified atom stereocenters. The van der Waals surface area contributed by atoms with Gasteiger partial charge in [0.1, 0.15) is 0 Å². The van der Waals surface area contributed by atoms with Gasteiger partial charge in [0.2, 0.25) is 0 Å². The van der Waals surface area contributed by atoms with Gasteiger partial charge >= 0.3 is 7.12 Å². The van der Waals surface area contributed by atoms with E-state index < -0.39 is 0 Å². The quantitative estimate of drug-likeness (QED) is 0.674. The van der Waals surface area contributed by atoms with Crippen LogP contribution in [-0.4, -0.2) is 31.5 Å². The number of ether oxygens (including phenoxy) is 1. The second-order valence-corrected chi connectivity index (χ2v) is 5.66. The predicted molar refractivity (Wildman–Crippen MR) is 64.2 cm³/mol. The van der Waals surface area contributed by atoms with Gasteiger partial charge in [0, 0.05) is 7.11 Å². The van der Waals surface area contributed by atoms with Crippen LogP contribution in [0.2, 0.25) is 0 Å². The zero-order valence-electron chi connectivity index (χ0n) is 10.9. The summed E-state index contributed by atoms with van der Waals surface area (Å²) in [6.45, 7) is 8.32. The molecule has 0 aromatic heterocycles. The lowest BCUT2D eigenvalue weighted by Gasteiger charge is -2.32. The molecule has 1 atom stereocenters. The lowest BCUT2D eigenvalue weighted by molar-refractivity contribution is 0.00578. The van der Waals surface area contributed by atoms with E-state index in [4.69, 9.17) is 14.0 Å². The summed E-state index contributed by atoms with van der Waals surface area (Å²) >= 11 is 0. The van der Waals surface area contributed by atoms with Gasteiger partial charge in [0.15, 0.2) is 0 Å². The van der Waals surface area contributed by atoms with Crippen LogP contribution in [-0.2, 0) is 14.0 Å². The Labute approximate surface area is 98.3 Å². The predicted octanol–water partition coefficient (Wildman–Crippen LogP) is 2.35. The van der Waals surface area contributed by atoms with Crippen LogP contribution >= 0.6 is 0 Å². The Balaban J connectivity index is 2.05. The minimum atomic E-state index is -0.246. The smallest absolute Gasteiger partial charge is 0.400 e. The van der Waals surface area contributed by atoms with E-state index in [0.29, 0.717) is 6.10 Å². The van der Waals surface area contributed by atoms with E-state index in [2.05, 4.69) is 33.8 Å². The molecule has 0 radical (unpaired) electrons. The van der Waals surface area contributed by atoms with Crippen LogP contribution in [0.1, 0.15) is 40.5 Å². The molecular formula is C12H21BO3. The maximum atomic E-state index is 5.99. The van der Waals surface area contributed by atoms with Crippen LogP contribution in [0.25, 0.3) is 0 Å². The van der Waals surface area contributed by atoms with Crippen molar-refractivity contribution in [3.63, 3.8) is 0 Å². The highest BCUT2D eigenvalue weighted by Crippen LogP contribution is 2.40. The van der Waals surface area contributed by atoms with E-state index in [1.165, 1.54) is 5.47 Å². The van der Waals surface area contributed by atoms with Crippen LogP contribution in [0.5, 0.6) is 0 Å². The van der Waals surface area contributed by atoms with Crippen molar-refractivity contribution in [1.82, 2.24) is 0 Å². The van der Waals surface area contributed by atoms with Crippen molar-refractivity contribution in [2.24, 2.45) is 0 Å². The Morgan fingerprint density at radius 2 is 1.81 bits per heavy atom. The molecular weight excluding hydrogens is 203 g/mol. The Morgan fingerprint density at radius 3 is 2.25 bits per heavy atom. The highest BCUT2D eigenvalue weighted by Gasteiger charge is 2.52. The standard InChI is InChI=1S/C12H21BO3/c1-11(2)12(3,4)16-13(15-11)9-6-7-10(8-9)14-5/h6,10H,7-8H2,1-5H3. The number of methoxy groups -OCH3 is 1. The summed E-state index contributed by atoms with van der Waals surface area (Å²) in [6, 6.07) is 0. The summed E-state index contributed by atoms with van der Waals surface area (Å²) in [5, 5.41) is 0. The van der Waals surface area contributed by atoms with E-state index in [-0.39, 0.29) is 18.3 Å². The molecule has 16 heavy (non-hydrogen) atoms. The summed E-state index contributed by atoms with van der Waals surface area (Å²) in [6.07, 6.45) is 4.38. The van der Waals surface area contributed by atoms with Crippen molar-refractivity contribution in [2.45, 2.75) is 57.8 Å². The molecule has 2 rings (SSSR count). The molecule has 0 bridgehead atoms. The molecule has 3 nitrogen and oxygen atoms in total. The first-order valence-electron chi connectivity index (χ1n) is 5.93. The summed E-state index contributed by atoms with van der Waals surface area (Å²) < 4.78 is 17.3. The van der Waals surface area contributed by atoms with Crippen LogP contribution < -0.4 is 0 Å². The summed E-state index contributed by atoms with van der Waals surface area (Å²) in [5.74, 6) is 0. The van der Waals surface area contributed by atoms with Gasteiger partial charge in [-0.1, -0.05) is 6.08 Å². The van der Waals surface area contributed by atoms with Gasteiger partial charge in [0.25, 0.3) is 0 Å². The van der Waals surface area contributed by atoms with E-state index in [9.17, 15) is 0 Å².